The Kier molecular flexibility index (Phi) is 6.23. The van der Waals surface area contributed by atoms with E-state index in [1.165, 1.54) is 0 Å². The smallest absolute Gasteiger partial charge is 0.224 e. The van der Waals surface area contributed by atoms with Crippen molar-refractivity contribution < 1.29 is 9.53 Å². The Balaban J connectivity index is 1.72. The Morgan fingerprint density at radius 1 is 1.31 bits per heavy atom. The minimum absolute atomic E-state index is 0.0231. The van der Waals surface area contributed by atoms with Gasteiger partial charge >= 0.3 is 0 Å². The van der Waals surface area contributed by atoms with E-state index < -0.39 is 0 Å². The van der Waals surface area contributed by atoms with Crippen molar-refractivity contribution in [2.75, 3.05) is 19.7 Å². The van der Waals surface area contributed by atoms with Gasteiger partial charge in [-0.2, -0.15) is 0 Å². The Hall–Kier alpha value is -1.55. The standard InChI is InChI=1S/C22H34N2O2/c1-4-13-26-20-8-6-5-7-17(20)19(14-16(2)3)24-21(25)18-15-22(18)9-11-23-12-10-22/h5-8,16,18-19,23H,4,9-15H2,1-3H3,(H,24,25). The monoisotopic (exact) mass is 358 g/mol. The first-order valence-corrected chi connectivity index (χ1v) is 10.3. The summed E-state index contributed by atoms with van der Waals surface area (Å²) in [5.74, 6) is 1.85. The number of ether oxygens (including phenoxy) is 1. The van der Waals surface area contributed by atoms with Crippen molar-refractivity contribution in [2.45, 2.75) is 58.9 Å². The maximum Gasteiger partial charge on any atom is 0.224 e. The van der Waals surface area contributed by atoms with Crippen molar-refractivity contribution in [2.24, 2.45) is 17.3 Å². The van der Waals surface area contributed by atoms with Gasteiger partial charge in [-0.25, -0.2) is 0 Å². The van der Waals surface area contributed by atoms with Crippen molar-refractivity contribution >= 4 is 5.91 Å². The lowest BCUT2D eigenvalue weighted by Gasteiger charge is -2.26. The topological polar surface area (TPSA) is 50.4 Å². The van der Waals surface area contributed by atoms with Crippen LogP contribution in [0.25, 0.3) is 0 Å². The van der Waals surface area contributed by atoms with Gasteiger partial charge < -0.3 is 15.4 Å². The largest absolute Gasteiger partial charge is 0.493 e. The molecule has 2 unspecified atom stereocenters. The van der Waals surface area contributed by atoms with Gasteiger partial charge in [-0.05, 0) is 62.6 Å². The molecular formula is C22H34N2O2. The van der Waals surface area contributed by atoms with E-state index in [-0.39, 0.29) is 23.3 Å². The van der Waals surface area contributed by atoms with Crippen LogP contribution < -0.4 is 15.4 Å². The summed E-state index contributed by atoms with van der Waals surface area (Å²) < 4.78 is 5.96. The molecule has 2 atom stereocenters. The van der Waals surface area contributed by atoms with Crippen LogP contribution in [0.4, 0.5) is 0 Å². The van der Waals surface area contributed by atoms with Gasteiger partial charge in [0, 0.05) is 11.5 Å². The summed E-state index contributed by atoms with van der Waals surface area (Å²) in [4.78, 5) is 13.0. The lowest BCUT2D eigenvalue weighted by molar-refractivity contribution is -0.124. The van der Waals surface area contributed by atoms with Crippen LogP contribution in [-0.2, 0) is 4.79 Å². The van der Waals surface area contributed by atoms with Gasteiger partial charge in [-0.3, -0.25) is 4.79 Å². The van der Waals surface area contributed by atoms with E-state index in [2.05, 4.69) is 37.5 Å². The summed E-state index contributed by atoms with van der Waals surface area (Å²) in [6.07, 6.45) is 5.24. The first-order valence-electron chi connectivity index (χ1n) is 10.3. The fourth-order valence-electron chi connectivity index (χ4n) is 4.31. The number of para-hydroxylation sites is 1. The maximum absolute atomic E-state index is 13.0. The van der Waals surface area contributed by atoms with E-state index in [1.54, 1.807) is 0 Å². The van der Waals surface area contributed by atoms with Gasteiger partial charge in [0.1, 0.15) is 5.75 Å². The minimum Gasteiger partial charge on any atom is -0.493 e. The molecule has 1 saturated carbocycles. The average molecular weight is 359 g/mol. The zero-order chi connectivity index (χ0) is 18.6. The summed E-state index contributed by atoms with van der Waals surface area (Å²) in [7, 11) is 0. The molecule has 2 fully saturated rings. The molecule has 144 valence electrons. The second kappa shape index (κ2) is 8.43. The predicted molar refractivity (Wildman–Crippen MR) is 105 cm³/mol. The molecule has 1 amide bonds. The third-order valence-corrected chi connectivity index (χ3v) is 5.89. The van der Waals surface area contributed by atoms with Crippen LogP contribution in [0.2, 0.25) is 0 Å². The maximum atomic E-state index is 13.0. The number of piperidine rings is 1. The Morgan fingerprint density at radius 3 is 2.73 bits per heavy atom. The normalized spacial score (nSPS) is 22.2. The molecule has 1 aliphatic heterocycles. The van der Waals surface area contributed by atoms with Crippen LogP contribution in [-0.4, -0.2) is 25.6 Å². The first kappa shape index (κ1) is 19.2. The third-order valence-electron chi connectivity index (χ3n) is 5.89. The van der Waals surface area contributed by atoms with Crippen LogP contribution in [0.1, 0.15) is 64.5 Å². The number of hydrogen-bond donors (Lipinski definition) is 2. The van der Waals surface area contributed by atoms with Crippen molar-refractivity contribution in [3.05, 3.63) is 29.8 Å². The molecule has 1 saturated heterocycles. The van der Waals surface area contributed by atoms with E-state index in [9.17, 15) is 4.79 Å². The number of hydrogen-bond acceptors (Lipinski definition) is 3. The fourth-order valence-corrected chi connectivity index (χ4v) is 4.31. The Bertz CT molecular complexity index is 608. The number of rotatable bonds is 8. The lowest BCUT2D eigenvalue weighted by atomic mass is 9.91. The lowest BCUT2D eigenvalue weighted by Crippen LogP contribution is -2.35. The number of carbonyl (C=O) groups excluding carboxylic acids is 1. The molecule has 2 aliphatic rings. The Morgan fingerprint density at radius 2 is 2.04 bits per heavy atom. The molecule has 0 aromatic heterocycles. The van der Waals surface area contributed by atoms with Crippen molar-refractivity contribution in [1.29, 1.82) is 0 Å². The molecule has 1 aromatic rings. The van der Waals surface area contributed by atoms with Gasteiger partial charge in [0.25, 0.3) is 0 Å². The van der Waals surface area contributed by atoms with E-state index in [4.69, 9.17) is 4.74 Å². The highest BCUT2D eigenvalue weighted by atomic mass is 16.5. The summed E-state index contributed by atoms with van der Waals surface area (Å²) in [5, 5.41) is 6.79. The van der Waals surface area contributed by atoms with Gasteiger partial charge in [-0.15, -0.1) is 0 Å². The summed E-state index contributed by atoms with van der Waals surface area (Å²) in [6, 6.07) is 8.20. The van der Waals surface area contributed by atoms with Crippen molar-refractivity contribution in [3.63, 3.8) is 0 Å². The molecule has 1 aliphatic carbocycles. The molecule has 3 rings (SSSR count). The molecule has 26 heavy (non-hydrogen) atoms. The average Bonchev–Trinajstić information content (AvgIpc) is 3.33. The van der Waals surface area contributed by atoms with Gasteiger partial charge in [0.05, 0.1) is 12.6 Å². The zero-order valence-corrected chi connectivity index (χ0v) is 16.5. The fraction of sp³-hybridized carbons (Fsp3) is 0.682. The van der Waals surface area contributed by atoms with E-state index in [0.29, 0.717) is 12.5 Å². The SMILES string of the molecule is CCCOc1ccccc1C(CC(C)C)NC(=O)C1CC12CCNCC2. The zero-order valence-electron chi connectivity index (χ0n) is 16.5. The van der Waals surface area contributed by atoms with Crippen LogP contribution >= 0.6 is 0 Å². The first-order chi connectivity index (χ1) is 12.6. The number of benzene rings is 1. The Labute approximate surface area is 158 Å². The third kappa shape index (κ3) is 4.40. The van der Waals surface area contributed by atoms with Crippen LogP contribution in [0.3, 0.4) is 0 Å². The predicted octanol–water partition coefficient (Wildman–Crippen LogP) is 4.07. The molecule has 1 aromatic carbocycles. The van der Waals surface area contributed by atoms with Crippen LogP contribution in [0.15, 0.2) is 24.3 Å². The quantitative estimate of drug-likeness (QED) is 0.736. The molecule has 4 heteroatoms. The van der Waals surface area contributed by atoms with Crippen LogP contribution in [0.5, 0.6) is 5.75 Å². The molecule has 0 radical (unpaired) electrons. The number of carbonyl (C=O) groups is 1. The van der Waals surface area contributed by atoms with Gasteiger partial charge in [0.15, 0.2) is 0 Å². The number of nitrogens with one attached hydrogen (secondary N) is 2. The molecular weight excluding hydrogens is 324 g/mol. The van der Waals surface area contributed by atoms with Crippen molar-refractivity contribution in [1.82, 2.24) is 10.6 Å². The van der Waals surface area contributed by atoms with Gasteiger partial charge in [-0.1, -0.05) is 39.0 Å². The van der Waals surface area contributed by atoms with E-state index in [0.717, 1.165) is 56.5 Å². The summed E-state index contributed by atoms with van der Waals surface area (Å²) in [6.45, 7) is 9.33. The molecule has 1 heterocycles. The highest BCUT2D eigenvalue weighted by Gasteiger charge is 2.57. The van der Waals surface area contributed by atoms with Gasteiger partial charge in [0.2, 0.25) is 5.91 Å². The second-order valence-electron chi connectivity index (χ2n) is 8.45. The number of amides is 1. The second-order valence-corrected chi connectivity index (χ2v) is 8.45. The summed E-state index contributed by atoms with van der Waals surface area (Å²) in [5.41, 5.74) is 1.39. The van der Waals surface area contributed by atoms with Crippen molar-refractivity contribution in [3.8, 4) is 5.75 Å². The molecule has 1 spiro atoms. The highest BCUT2D eigenvalue weighted by Crippen LogP contribution is 2.58. The van der Waals surface area contributed by atoms with Crippen LogP contribution in [0, 0.1) is 17.3 Å². The van der Waals surface area contributed by atoms with E-state index >= 15 is 0 Å². The highest BCUT2D eigenvalue weighted by molar-refractivity contribution is 5.83. The molecule has 0 bridgehead atoms. The summed E-state index contributed by atoms with van der Waals surface area (Å²) >= 11 is 0. The minimum atomic E-state index is 0.0231. The van der Waals surface area contributed by atoms with E-state index in [1.807, 2.05) is 18.2 Å². The molecule has 2 N–H and O–H groups in total. The molecule has 4 nitrogen and oxygen atoms in total.